The summed E-state index contributed by atoms with van der Waals surface area (Å²) >= 11 is 0. The van der Waals surface area contributed by atoms with E-state index in [1.54, 1.807) is 6.20 Å². The topological polar surface area (TPSA) is 67.6 Å². The Morgan fingerprint density at radius 1 is 1.35 bits per heavy atom. The largest absolute Gasteiger partial charge is 0.319 e. The molecule has 0 aliphatic carbocycles. The summed E-state index contributed by atoms with van der Waals surface area (Å²) in [6, 6.07) is 8.16. The highest BCUT2D eigenvalue weighted by molar-refractivity contribution is 5.30. The Bertz CT molecular complexity index is 462. The van der Waals surface area contributed by atoms with E-state index in [4.69, 9.17) is 5.73 Å². The lowest BCUT2D eigenvalue weighted by atomic mass is 9.97. The van der Waals surface area contributed by atoms with Crippen LogP contribution in [0.2, 0.25) is 0 Å². The Morgan fingerprint density at radius 2 is 2.18 bits per heavy atom. The highest BCUT2D eigenvalue weighted by Gasteiger charge is 2.12. The van der Waals surface area contributed by atoms with Crippen molar-refractivity contribution in [2.75, 3.05) is 0 Å². The first-order valence-electron chi connectivity index (χ1n) is 5.87. The average Bonchev–Trinajstić information content (AvgIpc) is 2.81. The Kier molecular flexibility index (Phi) is 3.54. The lowest BCUT2D eigenvalue weighted by molar-refractivity contribution is 0.646. The number of H-pyrrole nitrogens is 1. The number of nitrogens with one attached hydrogen (secondary N) is 1. The molecular weight excluding hydrogens is 212 g/mol. The van der Waals surface area contributed by atoms with Crippen molar-refractivity contribution in [3.63, 3.8) is 0 Å². The maximum absolute atomic E-state index is 6.14. The molecule has 0 bridgehead atoms. The van der Waals surface area contributed by atoms with Crippen LogP contribution in [-0.4, -0.2) is 15.4 Å². The molecule has 1 atom stereocenters. The van der Waals surface area contributed by atoms with E-state index in [2.05, 4.69) is 41.4 Å². The fourth-order valence-electron chi connectivity index (χ4n) is 1.92. The van der Waals surface area contributed by atoms with E-state index in [0.29, 0.717) is 5.92 Å². The molecule has 2 rings (SSSR count). The minimum Gasteiger partial charge on any atom is -0.319 e. The number of aromatic amines is 1. The van der Waals surface area contributed by atoms with E-state index in [1.807, 2.05) is 12.1 Å². The van der Waals surface area contributed by atoms with Gasteiger partial charge < -0.3 is 5.73 Å². The maximum Gasteiger partial charge on any atom is 0.104 e. The average molecular weight is 230 g/mol. The van der Waals surface area contributed by atoms with Gasteiger partial charge in [0.25, 0.3) is 0 Å². The first-order chi connectivity index (χ1) is 8.16. The minimum atomic E-state index is -0.208. The van der Waals surface area contributed by atoms with Gasteiger partial charge in [-0.1, -0.05) is 38.1 Å². The molecule has 0 saturated heterocycles. The van der Waals surface area contributed by atoms with Crippen LogP contribution in [-0.2, 0) is 6.42 Å². The molecule has 1 heterocycles. The predicted molar refractivity (Wildman–Crippen MR) is 67.4 cm³/mol. The van der Waals surface area contributed by atoms with Crippen LogP contribution in [0.1, 0.15) is 36.7 Å². The second-order valence-electron chi connectivity index (χ2n) is 4.72. The SMILES string of the molecule is CC(C)Cc1cccc(C(N)c2cn[nH]n2)c1. The fraction of sp³-hybridized carbons (Fsp3) is 0.385. The van der Waals surface area contributed by atoms with Gasteiger partial charge in [0.15, 0.2) is 0 Å². The molecule has 0 fully saturated rings. The van der Waals surface area contributed by atoms with Gasteiger partial charge >= 0.3 is 0 Å². The number of hydrogen-bond acceptors (Lipinski definition) is 3. The van der Waals surface area contributed by atoms with Crippen molar-refractivity contribution in [3.05, 3.63) is 47.3 Å². The summed E-state index contributed by atoms with van der Waals surface area (Å²) in [5.41, 5.74) is 9.30. The molecule has 0 aliphatic rings. The van der Waals surface area contributed by atoms with Crippen molar-refractivity contribution in [2.24, 2.45) is 11.7 Å². The summed E-state index contributed by atoms with van der Waals surface area (Å²) in [4.78, 5) is 0. The van der Waals surface area contributed by atoms with Crippen LogP contribution >= 0.6 is 0 Å². The first kappa shape index (κ1) is 11.8. The summed E-state index contributed by atoms with van der Waals surface area (Å²) in [6.45, 7) is 4.43. The zero-order valence-corrected chi connectivity index (χ0v) is 10.2. The fourth-order valence-corrected chi connectivity index (χ4v) is 1.92. The van der Waals surface area contributed by atoms with Gasteiger partial charge in [-0.05, 0) is 23.5 Å². The summed E-state index contributed by atoms with van der Waals surface area (Å²) in [6.07, 6.45) is 2.74. The number of benzene rings is 1. The predicted octanol–water partition coefficient (Wildman–Crippen LogP) is 2.05. The molecule has 4 nitrogen and oxygen atoms in total. The van der Waals surface area contributed by atoms with Gasteiger partial charge in [-0.3, -0.25) is 0 Å². The third-order valence-electron chi connectivity index (χ3n) is 2.71. The second-order valence-corrected chi connectivity index (χ2v) is 4.72. The van der Waals surface area contributed by atoms with Gasteiger partial charge in [-0.2, -0.15) is 15.4 Å². The third-order valence-corrected chi connectivity index (χ3v) is 2.71. The van der Waals surface area contributed by atoms with Gasteiger partial charge in [-0.25, -0.2) is 0 Å². The molecule has 0 radical (unpaired) electrons. The van der Waals surface area contributed by atoms with Crippen molar-refractivity contribution in [2.45, 2.75) is 26.3 Å². The molecule has 0 amide bonds. The van der Waals surface area contributed by atoms with Gasteiger partial charge in [0, 0.05) is 0 Å². The van der Waals surface area contributed by atoms with Crippen LogP contribution in [0.5, 0.6) is 0 Å². The highest BCUT2D eigenvalue weighted by atomic mass is 15.3. The first-order valence-corrected chi connectivity index (χ1v) is 5.87. The number of nitrogens with zero attached hydrogens (tertiary/aromatic N) is 2. The zero-order valence-electron chi connectivity index (χ0n) is 10.2. The quantitative estimate of drug-likeness (QED) is 0.844. The molecule has 1 aromatic heterocycles. The molecule has 3 N–H and O–H groups in total. The van der Waals surface area contributed by atoms with Gasteiger partial charge in [-0.15, -0.1) is 0 Å². The second kappa shape index (κ2) is 5.10. The van der Waals surface area contributed by atoms with Gasteiger partial charge in [0.1, 0.15) is 5.69 Å². The van der Waals surface area contributed by atoms with Crippen molar-refractivity contribution in [1.29, 1.82) is 0 Å². The van der Waals surface area contributed by atoms with Crippen LogP contribution in [0.4, 0.5) is 0 Å². The summed E-state index contributed by atoms with van der Waals surface area (Å²) < 4.78 is 0. The van der Waals surface area contributed by atoms with E-state index in [0.717, 1.165) is 17.7 Å². The number of hydrogen-bond donors (Lipinski definition) is 2. The smallest absolute Gasteiger partial charge is 0.104 e. The Hall–Kier alpha value is -1.68. The molecule has 0 spiro atoms. The molecule has 4 heteroatoms. The summed E-state index contributed by atoms with van der Waals surface area (Å²) in [5, 5.41) is 10.4. The van der Waals surface area contributed by atoms with Crippen LogP contribution in [0.15, 0.2) is 30.5 Å². The molecule has 1 aromatic carbocycles. The summed E-state index contributed by atoms with van der Waals surface area (Å²) in [5.74, 6) is 0.647. The molecular formula is C13H18N4. The van der Waals surface area contributed by atoms with E-state index in [-0.39, 0.29) is 6.04 Å². The van der Waals surface area contributed by atoms with Crippen molar-refractivity contribution in [1.82, 2.24) is 15.4 Å². The third kappa shape index (κ3) is 2.91. The maximum atomic E-state index is 6.14. The molecule has 17 heavy (non-hydrogen) atoms. The van der Waals surface area contributed by atoms with Crippen molar-refractivity contribution in [3.8, 4) is 0 Å². The summed E-state index contributed by atoms with van der Waals surface area (Å²) in [7, 11) is 0. The standard InChI is InChI=1S/C13H18N4/c1-9(2)6-10-4-3-5-11(7-10)13(14)12-8-15-17-16-12/h3-5,7-9,13H,6,14H2,1-2H3,(H,15,16,17). The minimum absolute atomic E-state index is 0.208. The molecule has 1 unspecified atom stereocenters. The lowest BCUT2D eigenvalue weighted by Gasteiger charge is -2.11. The van der Waals surface area contributed by atoms with Crippen molar-refractivity contribution < 1.29 is 0 Å². The van der Waals surface area contributed by atoms with Crippen LogP contribution in [0.25, 0.3) is 0 Å². The normalized spacial score (nSPS) is 12.9. The van der Waals surface area contributed by atoms with E-state index >= 15 is 0 Å². The number of aromatic nitrogens is 3. The molecule has 0 aliphatic heterocycles. The monoisotopic (exact) mass is 230 g/mol. The van der Waals surface area contributed by atoms with Gasteiger partial charge in [0.2, 0.25) is 0 Å². The number of nitrogens with two attached hydrogens (primary N) is 1. The van der Waals surface area contributed by atoms with E-state index in [9.17, 15) is 0 Å². The van der Waals surface area contributed by atoms with Crippen LogP contribution in [0.3, 0.4) is 0 Å². The highest BCUT2D eigenvalue weighted by Crippen LogP contribution is 2.19. The molecule has 2 aromatic rings. The van der Waals surface area contributed by atoms with Crippen LogP contribution in [0, 0.1) is 5.92 Å². The Labute approximate surface area is 101 Å². The van der Waals surface area contributed by atoms with E-state index in [1.165, 1.54) is 5.56 Å². The zero-order chi connectivity index (χ0) is 12.3. The molecule has 0 saturated carbocycles. The number of rotatable bonds is 4. The Balaban J connectivity index is 2.21. The van der Waals surface area contributed by atoms with E-state index < -0.39 is 0 Å². The van der Waals surface area contributed by atoms with Crippen LogP contribution < -0.4 is 5.73 Å². The van der Waals surface area contributed by atoms with Gasteiger partial charge in [0.05, 0.1) is 12.2 Å². The lowest BCUT2D eigenvalue weighted by Crippen LogP contribution is -2.12. The Morgan fingerprint density at radius 3 is 2.82 bits per heavy atom. The van der Waals surface area contributed by atoms with Crippen molar-refractivity contribution >= 4 is 0 Å². The molecule has 90 valence electrons.